The molecular weight excluding hydrogens is 336 g/mol. The standard InChI is InChI=1S/C20H32O6/c1-15(2)19(23)25-13-7-5-3-4-6-8-14-26-20(24)17-11-9-16(10-12-17)18(21)22/h16-17H,1,3-14H2,2H3,(H,21,22). The molecule has 0 heterocycles. The molecule has 1 fully saturated rings. The number of carbonyl (C=O) groups is 3. The summed E-state index contributed by atoms with van der Waals surface area (Å²) in [5, 5.41) is 8.96. The van der Waals surface area contributed by atoms with Gasteiger partial charge in [-0.05, 0) is 45.4 Å². The molecule has 0 spiro atoms. The molecule has 0 amide bonds. The zero-order valence-corrected chi connectivity index (χ0v) is 15.8. The minimum Gasteiger partial charge on any atom is -0.481 e. The van der Waals surface area contributed by atoms with E-state index in [0.717, 1.165) is 38.5 Å². The van der Waals surface area contributed by atoms with Gasteiger partial charge < -0.3 is 14.6 Å². The van der Waals surface area contributed by atoms with Gasteiger partial charge in [0.25, 0.3) is 0 Å². The quantitative estimate of drug-likeness (QED) is 0.319. The Labute approximate surface area is 155 Å². The van der Waals surface area contributed by atoms with Crippen LogP contribution < -0.4 is 0 Å². The number of aliphatic carboxylic acids is 1. The third-order valence-corrected chi connectivity index (χ3v) is 4.77. The average Bonchev–Trinajstić information content (AvgIpc) is 2.62. The summed E-state index contributed by atoms with van der Waals surface area (Å²) >= 11 is 0. The molecule has 0 aromatic heterocycles. The zero-order chi connectivity index (χ0) is 19.4. The highest BCUT2D eigenvalue weighted by molar-refractivity contribution is 5.86. The number of esters is 2. The van der Waals surface area contributed by atoms with E-state index in [1.807, 2.05) is 0 Å². The summed E-state index contributed by atoms with van der Waals surface area (Å²) in [6.07, 6.45) is 8.22. The van der Waals surface area contributed by atoms with Crippen LogP contribution in [0.3, 0.4) is 0 Å². The maximum absolute atomic E-state index is 12.0. The van der Waals surface area contributed by atoms with E-state index in [-0.39, 0.29) is 23.8 Å². The van der Waals surface area contributed by atoms with Gasteiger partial charge in [-0.2, -0.15) is 0 Å². The van der Waals surface area contributed by atoms with Crippen molar-refractivity contribution in [1.29, 1.82) is 0 Å². The first-order valence-corrected chi connectivity index (χ1v) is 9.64. The molecule has 1 N–H and O–H groups in total. The summed E-state index contributed by atoms with van der Waals surface area (Å²) < 4.78 is 10.3. The zero-order valence-electron chi connectivity index (χ0n) is 15.8. The van der Waals surface area contributed by atoms with Gasteiger partial charge in [0.2, 0.25) is 0 Å². The number of ether oxygens (including phenoxy) is 2. The Kier molecular flexibility index (Phi) is 10.7. The van der Waals surface area contributed by atoms with Gasteiger partial charge in [0.1, 0.15) is 0 Å². The van der Waals surface area contributed by atoms with Crippen LogP contribution in [0.1, 0.15) is 71.1 Å². The molecule has 1 saturated carbocycles. The van der Waals surface area contributed by atoms with Crippen LogP contribution in [-0.4, -0.2) is 36.2 Å². The first kappa shape index (κ1) is 22.2. The fraction of sp³-hybridized carbons (Fsp3) is 0.750. The molecule has 26 heavy (non-hydrogen) atoms. The van der Waals surface area contributed by atoms with Gasteiger partial charge >= 0.3 is 17.9 Å². The Hall–Kier alpha value is -1.85. The minimum absolute atomic E-state index is 0.132. The van der Waals surface area contributed by atoms with Crippen molar-refractivity contribution in [2.24, 2.45) is 11.8 Å². The van der Waals surface area contributed by atoms with Crippen molar-refractivity contribution in [3.63, 3.8) is 0 Å². The predicted octanol–water partition coefficient (Wildman–Crippen LogP) is 3.88. The number of carboxylic acid groups (broad SMARTS) is 1. The van der Waals surface area contributed by atoms with Crippen molar-refractivity contribution in [1.82, 2.24) is 0 Å². The number of hydrogen-bond donors (Lipinski definition) is 1. The number of rotatable bonds is 12. The summed E-state index contributed by atoms with van der Waals surface area (Å²) in [7, 11) is 0. The largest absolute Gasteiger partial charge is 0.481 e. The van der Waals surface area contributed by atoms with E-state index in [1.165, 1.54) is 0 Å². The van der Waals surface area contributed by atoms with Crippen LogP contribution in [0.15, 0.2) is 12.2 Å². The van der Waals surface area contributed by atoms with Crippen LogP contribution in [0.4, 0.5) is 0 Å². The van der Waals surface area contributed by atoms with Crippen LogP contribution in [-0.2, 0) is 23.9 Å². The topological polar surface area (TPSA) is 89.9 Å². The third kappa shape index (κ3) is 9.02. The van der Waals surface area contributed by atoms with Gasteiger partial charge in [-0.25, -0.2) is 4.79 Å². The van der Waals surface area contributed by atoms with Crippen LogP contribution in [0.25, 0.3) is 0 Å². The van der Waals surface area contributed by atoms with Crippen molar-refractivity contribution in [3.05, 3.63) is 12.2 Å². The molecule has 1 rings (SSSR count). The fourth-order valence-electron chi connectivity index (χ4n) is 3.07. The normalized spacial score (nSPS) is 19.6. The molecule has 0 aliphatic heterocycles. The Morgan fingerprint density at radius 2 is 1.31 bits per heavy atom. The number of hydrogen-bond acceptors (Lipinski definition) is 5. The Morgan fingerprint density at radius 1 is 0.846 bits per heavy atom. The van der Waals surface area contributed by atoms with Gasteiger partial charge in [-0.3, -0.25) is 9.59 Å². The highest BCUT2D eigenvalue weighted by Gasteiger charge is 2.30. The van der Waals surface area contributed by atoms with E-state index in [1.54, 1.807) is 6.92 Å². The van der Waals surface area contributed by atoms with Crippen molar-refractivity contribution < 1.29 is 29.0 Å². The second-order valence-electron chi connectivity index (χ2n) is 7.09. The van der Waals surface area contributed by atoms with Gasteiger partial charge in [-0.1, -0.05) is 32.3 Å². The van der Waals surface area contributed by atoms with Gasteiger partial charge in [-0.15, -0.1) is 0 Å². The van der Waals surface area contributed by atoms with Crippen molar-refractivity contribution >= 4 is 17.9 Å². The monoisotopic (exact) mass is 368 g/mol. The molecule has 0 radical (unpaired) electrons. The molecule has 6 nitrogen and oxygen atoms in total. The minimum atomic E-state index is -0.759. The molecule has 0 aromatic carbocycles. The summed E-state index contributed by atoms with van der Waals surface area (Å²) in [5.74, 6) is -1.70. The van der Waals surface area contributed by atoms with E-state index in [4.69, 9.17) is 14.6 Å². The first-order chi connectivity index (χ1) is 12.4. The summed E-state index contributed by atoms with van der Waals surface area (Å²) in [6.45, 7) is 6.04. The molecule has 0 aromatic rings. The van der Waals surface area contributed by atoms with Gasteiger partial charge in [0, 0.05) is 5.57 Å². The van der Waals surface area contributed by atoms with E-state index in [0.29, 0.717) is 44.5 Å². The summed E-state index contributed by atoms with van der Waals surface area (Å²) in [4.78, 5) is 34.0. The van der Waals surface area contributed by atoms with Crippen LogP contribution in [0.2, 0.25) is 0 Å². The lowest BCUT2D eigenvalue weighted by molar-refractivity contribution is -0.152. The maximum Gasteiger partial charge on any atom is 0.333 e. The highest BCUT2D eigenvalue weighted by Crippen LogP contribution is 2.29. The van der Waals surface area contributed by atoms with E-state index in [9.17, 15) is 14.4 Å². The second-order valence-corrected chi connectivity index (χ2v) is 7.09. The third-order valence-electron chi connectivity index (χ3n) is 4.77. The van der Waals surface area contributed by atoms with Crippen LogP contribution in [0, 0.1) is 11.8 Å². The molecule has 1 aliphatic carbocycles. The van der Waals surface area contributed by atoms with Crippen LogP contribution in [0.5, 0.6) is 0 Å². The number of carbonyl (C=O) groups excluding carboxylic acids is 2. The number of carboxylic acids is 1. The Bertz CT molecular complexity index is 477. The molecule has 0 atom stereocenters. The molecule has 0 saturated heterocycles. The van der Waals surface area contributed by atoms with Crippen molar-refractivity contribution in [2.45, 2.75) is 71.1 Å². The predicted molar refractivity (Wildman–Crippen MR) is 97.5 cm³/mol. The molecular formula is C20H32O6. The first-order valence-electron chi connectivity index (χ1n) is 9.64. The average molecular weight is 368 g/mol. The summed E-state index contributed by atoms with van der Waals surface area (Å²) in [5.41, 5.74) is 0.425. The molecule has 6 heteroatoms. The van der Waals surface area contributed by atoms with Crippen molar-refractivity contribution in [2.75, 3.05) is 13.2 Å². The Balaban J connectivity index is 1.93. The van der Waals surface area contributed by atoms with E-state index < -0.39 is 5.97 Å². The molecule has 1 aliphatic rings. The SMILES string of the molecule is C=C(C)C(=O)OCCCCCCCCOC(=O)C1CCC(C(=O)O)CC1. The van der Waals surface area contributed by atoms with Crippen molar-refractivity contribution in [3.8, 4) is 0 Å². The second kappa shape index (κ2) is 12.5. The molecule has 0 unspecified atom stereocenters. The van der Waals surface area contributed by atoms with Gasteiger partial charge in [0.05, 0.1) is 25.0 Å². The summed E-state index contributed by atoms with van der Waals surface area (Å²) in [6, 6.07) is 0. The highest BCUT2D eigenvalue weighted by atomic mass is 16.5. The number of unbranched alkanes of at least 4 members (excludes halogenated alkanes) is 5. The maximum atomic E-state index is 12.0. The Morgan fingerprint density at radius 3 is 1.81 bits per heavy atom. The fourth-order valence-corrected chi connectivity index (χ4v) is 3.07. The van der Waals surface area contributed by atoms with Crippen LogP contribution >= 0.6 is 0 Å². The molecule has 148 valence electrons. The lowest BCUT2D eigenvalue weighted by Gasteiger charge is -2.24. The smallest absolute Gasteiger partial charge is 0.333 e. The molecule has 0 bridgehead atoms. The lowest BCUT2D eigenvalue weighted by Crippen LogP contribution is -2.27. The lowest BCUT2D eigenvalue weighted by atomic mass is 9.82. The van der Waals surface area contributed by atoms with E-state index in [2.05, 4.69) is 6.58 Å². The van der Waals surface area contributed by atoms with E-state index >= 15 is 0 Å². The van der Waals surface area contributed by atoms with Gasteiger partial charge in [0.15, 0.2) is 0 Å².